The van der Waals surface area contributed by atoms with Crippen molar-refractivity contribution in [2.75, 3.05) is 20.1 Å². The summed E-state index contributed by atoms with van der Waals surface area (Å²) in [5.74, 6) is -2.98. The number of nitrogens with zero attached hydrogens (tertiary/aromatic N) is 5. The van der Waals surface area contributed by atoms with Crippen molar-refractivity contribution in [3.05, 3.63) is 81.6 Å². The Morgan fingerprint density at radius 3 is 2.57 bits per heavy atom. The highest BCUT2D eigenvalue weighted by Gasteiger charge is 2.27. The Labute approximate surface area is 240 Å². The van der Waals surface area contributed by atoms with E-state index in [-0.39, 0.29) is 24.1 Å². The van der Waals surface area contributed by atoms with E-state index in [9.17, 15) is 18.4 Å². The van der Waals surface area contributed by atoms with Gasteiger partial charge in [-0.05, 0) is 80.7 Å². The van der Waals surface area contributed by atoms with Crippen LogP contribution in [0.25, 0.3) is 33.3 Å². The van der Waals surface area contributed by atoms with Crippen molar-refractivity contribution in [2.24, 2.45) is 11.7 Å². The van der Waals surface area contributed by atoms with Gasteiger partial charge >= 0.3 is 5.76 Å². The topological polar surface area (TPSA) is 112 Å². The first-order valence-electron chi connectivity index (χ1n) is 14.1. The van der Waals surface area contributed by atoms with Crippen molar-refractivity contribution >= 4 is 28.0 Å². The number of rotatable bonds is 7. The van der Waals surface area contributed by atoms with Crippen molar-refractivity contribution in [3.63, 3.8) is 0 Å². The lowest BCUT2D eigenvalue weighted by Crippen LogP contribution is -2.32. The molecule has 1 fully saturated rings. The number of amides is 1. The number of primary amides is 1. The summed E-state index contributed by atoms with van der Waals surface area (Å²) in [5, 5.41) is 5.43. The molecule has 0 spiro atoms. The standard InChI is InChI=1S/C31H32F2N6O3/c1-17(2)12-24-28(29(34)40)27(21-15-35-39(30(21)36-24)20-8-10-37(3)11-9-20)19-5-7-25-26(14-19)42-31(41)38(25)16-18-4-6-22(32)23(33)13-18/h4-7,13-15,17,20H,8-12,16H2,1-3H3,(H2,34,40). The van der Waals surface area contributed by atoms with E-state index in [4.69, 9.17) is 20.2 Å². The first-order valence-corrected chi connectivity index (χ1v) is 14.1. The third kappa shape index (κ3) is 4.98. The Morgan fingerprint density at radius 2 is 1.88 bits per heavy atom. The van der Waals surface area contributed by atoms with Gasteiger partial charge in [0.25, 0.3) is 5.91 Å². The fourth-order valence-electron chi connectivity index (χ4n) is 5.90. The molecule has 42 heavy (non-hydrogen) atoms. The van der Waals surface area contributed by atoms with Gasteiger partial charge in [-0.3, -0.25) is 9.36 Å². The Morgan fingerprint density at radius 1 is 1.12 bits per heavy atom. The Kier molecular flexibility index (Phi) is 7.14. The van der Waals surface area contributed by atoms with Crippen LogP contribution in [0.1, 0.15) is 54.3 Å². The van der Waals surface area contributed by atoms with Crippen LogP contribution in [0.3, 0.4) is 0 Å². The molecule has 1 amide bonds. The lowest BCUT2D eigenvalue weighted by atomic mass is 9.92. The van der Waals surface area contributed by atoms with Crippen LogP contribution in [0.5, 0.6) is 0 Å². The molecule has 0 unspecified atom stereocenters. The molecule has 0 radical (unpaired) electrons. The molecule has 3 aromatic heterocycles. The number of fused-ring (bicyclic) bond motifs is 2. The van der Waals surface area contributed by atoms with E-state index in [1.54, 1.807) is 24.4 Å². The van der Waals surface area contributed by atoms with Gasteiger partial charge in [0.05, 0.1) is 35.6 Å². The molecule has 0 saturated carbocycles. The molecule has 9 nitrogen and oxygen atoms in total. The monoisotopic (exact) mass is 574 g/mol. The lowest BCUT2D eigenvalue weighted by molar-refractivity contribution is 0.0999. The molecule has 0 aliphatic carbocycles. The highest BCUT2D eigenvalue weighted by Crippen LogP contribution is 2.37. The van der Waals surface area contributed by atoms with Crippen molar-refractivity contribution < 1.29 is 18.0 Å². The second-order valence-electron chi connectivity index (χ2n) is 11.5. The normalized spacial score (nSPS) is 14.9. The smallest absolute Gasteiger partial charge is 0.408 e. The number of hydrogen-bond acceptors (Lipinski definition) is 6. The van der Waals surface area contributed by atoms with Crippen molar-refractivity contribution in [3.8, 4) is 11.1 Å². The molecule has 11 heteroatoms. The quantitative estimate of drug-likeness (QED) is 0.296. The molecule has 2 aromatic carbocycles. The van der Waals surface area contributed by atoms with Crippen LogP contribution in [0.2, 0.25) is 0 Å². The summed E-state index contributed by atoms with van der Waals surface area (Å²) < 4.78 is 36.1. The van der Waals surface area contributed by atoms with Crippen LogP contribution in [-0.4, -0.2) is 50.3 Å². The summed E-state index contributed by atoms with van der Waals surface area (Å²) in [6.45, 7) is 6.01. The summed E-state index contributed by atoms with van der Waals surface area (Å²) in [5.41, 5.74) is 10.0. The van der Waals surface area contributed by atoms with Gasteiger partial charge in [-0.25, -0.2) is 23.2 Å². The van der Waals surface area contributed by atoms with Crippen LogP contribution < -0.4 is 11.5 Å². The maximum Gasteiger partial charge on any atom is 0.420 e. The van der Waals surface area contributed by atoms with E-state index < -0.39 is 23.3 Å². The van der Waals surface area contributed by atoms with E-state index >= 15 is 0 Å². The summed E-state index contributed by atoms with van der Waals surface area (Å²) in [6, 6.07) is 8.89. The number of benzene rings is 2. The molecule has 1 aliphatic rings. The fraction of sp³-hybridized carbons (Fsp3) is 0.355. The second kappa shape index (κ2) is 10.8. The summed E-state index contributed by atoms with van der Waals surface area (Å²) in [6.07, 6.45) is 4.14. The molecule has 6 rings (SSSR count). The minimum atomic E-state index is -0.991. The van der Waals surface area contributed by atoms with E-state index in [1.165, 1.54) is 10.6 Å². The largest absolute Gasteiger partial charge is 0.420 e. The van der Waals surface area contributed by atoms with Gasteiger partial charge in [0.1, 0.15) is 0 Å². The molecule has 0 bridgehead atoms. The fourth-order valence-corrected chi connectivity index (χ4v) is 5.90. The van der Waals surface area contributed by atoms with Crippen molar-refractivity contribution in [1.29, 1.82) is 0 Å². The first kappa shape index (κ1) is 27.8. The summed E-state index contributed by atoms with van der Waals surface area (Å²) in [4.78, 5) is 33.1. The Bertz CT molecular complexity index is 1880. The van der Waals surface area contributed by atoms with Gasteiger partial charge in [-0.1, -0.05) is 26.0 Å². The number of carbonyl (C=O) groups is 1. The number of hydrogen-bond donors (Lipinski definition) is 1. The number of halogens is 2. The molecule has 0 atom stereocenters. The third-order valence-corrected chi connectivity index (χ3v) is 7.98. The molecule has 1 aliphatic heterocycles. The Balaban J connectivity index is 1.51. The average molecular weight is 575 g/mol. The van der Waals surface area contributed by atoms with E-state index in [1.807, 2.05) is 4.68 Å². The van der Waals surface area contributed by atoms with E-state index in [2.05, 4.69) is 25.8 Å². The van der Waals surface area contributed by atoms with Crippen LogP contribution in [-0.2, 0) is 13.0 Å². The SMILES string of the molecule is CC(C)Cc1nc2c(cnn2C2CCN(C)CC2)c(-c2ccc3c(c2)oc(=O)n3Cc2ccc(F)c(F)c2)c1C(N)=O. The maximum absolute atomic E-state index is 13.8. The lowest BCUT2D eigenvalue weighted by Gasteiger charge is -2.29. The minimum Gasteiger partial charge on any atom is -0.408 e. The number of oxazole rings is 1. The minimum absolute atomic E-state index is 0.00367. The average Bonchev–Trinajstić information content (AvgIpc) is 3.50. The van der Waals surface area contributed by atoms with E-state index in [0.717, 1.165) is 38.1 Å². The number of pyridine rings is 1. The van der Waals surface area contributed by atoms with Gasteiger partial charge in [0, 0.05) is 10.9 Å². The number of likely N-dealkylation sites (tertiary alicyclic amines) is 1. The van der Waals surface area contributed by atoms with Gasteiger partial charge in [-0.2, -0.15) is 5.10 Å². The van der Waals surface area contributed by atoms with Crippen molar-refractivity contribution in [2.45, 2.75) is 45.7 Å². The first-order chi connectivity index (χ1) is 20.1. The molecule has 2 N–H and O–H groups in total. The van der Waals surface area contributed by atoms with Crippen LogP contribution in [0, 0.1) is 17.6 Å². The maximum atomic E-state index is 13.8. The molecule has 1 saturated heterocycles. The zero-order chi connectivity index (χ0) is 29.7. The predicted molar refractivity (Wildman–Crippen MR) is 155 cm³/mol. The number of aromatic nitrogens is 4. The molecular formula is C31H32F2N6O3. The highest BCUT2D eigenvalue weighted by atomic mass is 19.2. The van der Waals surface area contributed by atoms with Crippen LogP contribution in [0.4, 0.5) is 8.78 Å². The highest BCUT2D eigenvalue weighted by molar-refractivity contribution is 6.09. The van der Waals surface area contributed by atoms with Gasteiger partial charge in [0.15, 0.2) is 22.9 Å². The number of piperidine rings is 1. The summed E-state index contributed by atoms with van der Waals surface area (Å²) >= 11 is 0. The summed E-state index contributed by atoms with van der Waals surface area (Å²) in [7, 11) is 2.10. The molecule has 218 valence electrons. The Hall–Kier alpha value is -4.38. The third-order valence-electron chi connectivity index (χ3n) is 7.98. The molecule has 5 aromatic rings. The number of carbonyl (C=O) groups excluding carboxylic acids is 1. The van der Waals surface area contributed by atoms with Crippen molar-refractivity contribution in [1.82, 2.24) is 24.2 Å². The number of nitrogens with two attached hydrogens (primary N) is 1. The van der Waals surface area contributed by atoms with Gasteiger partial charge in [0.2, 0.25) is 0 Å². The zero-order valence-electron chi connectivity index (χ0n) is 23.7. The molecule has 4 heterocycles. The van der Waals surface area contributed by atoms with Gasteiger partial charge < -0.3 is 15.1 Å². The predicted octanol–water partition coefficient (Wildman–Crippen LogP) is 4.90. The second-order valence-corrected chi connectivity index (χ2v) is 11.5. The van der Waals surface area contributed by atoms with Gasteiger partial charge in [-0.15, -0.1) is 0 Å². The zero-order valence-corrected chi connectivity index (χ0v) is 23.7. The van der Waals surface area contributed by atoms with Crippen LogP contribution in [0.15, 0.2) is 51.8 Å². The molecular weight excluding hydrogens is 542 g/mol. The van der Waals surface area contributed by atoms with E-state index in [0.29, 0.717) is 50.9 Å². The van der Waals surface area contributed by atoms with Crippen LogP contribution >= 0.6 is 0 Å².